The highest BCUT2D eigenvalue weighted by atomic mass is 32.1. The summed E-state index contributed by atoms with van der Waals surface area (Å²) in [5.41, 5.74) is 1.04. The first-order valence-electron chi connectivity index (χ1n) is 5.64. The topological polar surface area (TPSA) is 60.6 Å². The van der Waals surface area contributed by atoms with Crippen LogP contribution in [-0.2, 0) is 4.74 Å². The summed E-state index contributed by atoms with van der Waals surface area (Å²) in [6.07, 6.45) is 0. The maximum atomic E-state index is 11.8. The number of carbonyl (C=O) groups is 1. The number of nitrogens with one attached hydrogen (secondary N) is 1. The second-order valence-corrected chi connectivity index (χ2v) is 5.46. The van der Waals surface area contributed by atoms with Crippen molar-refractivity contribution in [3.63, 3.8) is 0 Å². The first kappa shape index (κ1) is 14.5. The predicted molar refractivity (Wildman–Crippen MR) is 79.4 cm³/mol. The molecule has 2 aromatic rings. The summed E-state index contributed by atoms with van der Waals surface area (Å²) in [7, 11) is 4.46. The first-order valence-corrected chi connectivity index (χ1v) is 6.87. The first-order chi connectivity index (χ1) is 9.60. The highest BCUT2D eigenvalue weighted by molar-refractivity contribution is 7.73. The van der Waals surface area contributed by atoms with Crippen LogP contribution in [0.25, 0.3) is 10.4 Å². The van der Waals surface area contributed by atoms with Crippen molar-refractivity contribution in [1.82, 2.24) is 4.98 Å². The summed E-state index contributed by atoms with van der Waals surface area (Å²) in [6.45, 7) is 0. The molecule has 0 saturated heterocycles. The number of hydrogen-bond donors (Lipinski definition) is 1. The van der Waals surface area contributed by atoms with Gasteiger partial charge in [0.05, 0.1) is 26.2 Å². The fourth-order valence-electron chi connectivity index (χ4n) is 1.76. The number of ether oxygens (including phenoxy) is 3. The van der Waals surface area contributed by atoms with Gasteiger partial charge < -0.3 is 19.2 Å². The smallest absolute Gasteiger partial charge is 0.356 e. The summed E-state index contributed by atoms with van der Waals surface area (Å²) in [5, 5.41) is 0. The molecular formula is C13H13NO4S2. The van der Waals surface area contributed by atoms with Crippen molar-refractivity contribution in [1.29, 1.82) is 0 Å². The molecule has 0 bridgehead atoms. The van der Waals surface area contributed by atoms with Crippen molar-refractivity contribution in [2.75, 3.05) is 21.3 Å². The molecule has 0 unspecified atom stereocenters. The molecule has 7 heteroatoms. The molecule has 0 radical (unpaired) electrons. The van der Waals surface area contributed by atoms with Gasteiger partial charge in [0.15, 0.2) is 3.95 Å². The van der Waals surface area contributed by atoms with Crippen LogP contribution in [0.5, 0.6) is 11.5 Å². The summed E-state index contributed by atoms with van der Waals surface area (Å²) < 4.78 is 15.8. The highest BCUT2D eigenvalue weighted by Crippen LogP contribution is 2.38. The van der Waals surface area contributed by atoms with E-state index < -0.39 is 5.97 Å². The predicted octanol–water partition coefficient (Wildman–Crippen LogP) is 3.28. The summed E-state index contributed by atoms with van der Waals surface area (Å²) in [6, 6.07) is 5.35. The Labute approximate surface area is 125 Å². The number of benzene rings is 1. The van der Waals surface area contributed by atoms with Crippen LogP contribution in [0.15, 0.2) is 18.2 Å². The molecule has 0 atom stereocenters. The lowest BCUT2D eigenvalue weighted by Crippen LogP contribution is -2.03. The van der Waals surface area contributed by atoms with E-state index in [1.807, 2.05) is 0 Å². The molecule has 0 aliphatic heterocycles. The van der Waals surface area contributed by atoms with Crippen molar-refractivity contribution in [2.45, 2.75) is 0 Å². The number of rotatable bonds is 4. The van der Waals surface area contributed by atoms with Crippen LogP contribution >= 0.6 is 23.6 Å². The number of methoxy groups -OCH3 is 3. The maximum Gasteiger partial charge on any atom is 0.356 e. The van der Waals surface area contributed by atoms with Crippen LogP contribution in [0.2, 0.25) is 0 Å². The van der Waals surface area contributed by atoms with Crippen LogP contribution < -0.4 is 9.47 Å². The van der Waals surface area contributed by atoms with Gasteiger partial charge in [-0.15, -0.1) is 11.3 Å². The van der Waals surface area contributed by atoms with Gasteiger partial charge in [-0.05, 0) is 30.4 Å². The van der Waals surface area contributed by atoms with Gasteiger partial charge in [0.1, 0.15) is 17.2 Å². The number of aromatic nitrogens is 1. The lowest BCUT2D eigenvalue weighted by Gasteiger charge is -2.10. The zero-order chi connectivity index (χ0) is 14.7. The van der Waals surface area contributed by atoms with E-state index in [-0.39, 0.29) is 0 Å². The monoisotopic (exact) mass is 311 g/mol. The van der Waals surface area contributed by atoms with Gasteiger partial charge in [0.25, 0.3) is 0 Å². The van der Waals surface area contributed by atoms with Crippen LogP contribution in [0.4, 0.5) is 0 Å². The third-order valence-electron chi connectivity index (χ3n) is 2.69. The molecule has 2 rings (SSSR count). The van der Waals surface area contributed by atoms with Crippen molar-refractivity contribution in [2.24, 2.45) is 0 Å². The Morgan fingerprint density at radius 3 is 2.60 bits per heavy atom. The summed E-state index contributed by atoms with van der Waals surface area (Å²) in [4.78, 5) is 15.3. The lowest BCUT2D eigenvalue weighted by molar-refractivity contribution is 0.0595. The SMILES string of the molecule is COC(=O)c1[nH]c(=S)sc1-c1cc(OC)ccc1OC. The molecule has 0 aliphatic carbocycles. The highest BCUT2D eigenvalue weighted by Gasteiger charge is 2.20. The molecule has 0 spiro atoms. The van der Waals surface area contributed by atoms with Crippen molar-refractivity contribution in [3.8, 4) is 21.9 Å². The molecular weight excluding hydrogens is 298 g/mol. The van der Waals surface area contributed by atoms with Gasteiger partial charge in [0.2, 0.25) is 0 Å². The fraction of sp³-hybridized carbons (Fsp3) is 0.231. The Morgan fingerprint density at radius 2 is 2.00 bits per heavy atom. The van der Waals surface area contributed by atoms with Gasteiger partial charge in [-0.3, -0.25) is 0 Å². The molecule has 1 aromatic carbocycles. The molecule has 1 N–H and O–H groups in total. The van der Waals surface area contributed by atoms with E-state index >= 15 is 0 Å². The van der Waals surface area contributed by atoms with E-state index in [1.54, 1.807) is 32.4 Å². The number of esters is 1. The zero-order valence-electron chi connectivity index (χ0n) is 11.2. The average molecular weight is 311 g/mol. The number of H-pyrrole nitrogens is 1. The van der Waals surface area contributed by atoms with E-state index in [1.165, 1.54) is 18.4 Å². The molecule has 0 saturated carbocycles. The van der Waals surface area contributed by atoms with Crippen molar-refractivity contribution >= 4 is 29.5 Å². The van der Waals surface area contributed by atoms with Crippen LogP contribution in [0, 0.1) is 3.95 Å². The Morgan fingerprint density at radius 1 is 1.25 bits per heavy atom. The van der Waals surface area contributed by atoms with Gasteiger partial charge in [-0.25, -0.2) is 4.79 Å². The number of carbonyl (C=O) groups excluding carboxylic acids is 1. The van der Waals surface area contributed by atoms with E-state index in [9.17, 15) is 4.79 Å². The quantitative estimate of drug-likeness (QED) is 0.693. The summed E-state index contributed by atoms with van der Waals surface area (Å²) >= 11 is 6.39. The minimum absolute atomic E-state index is 0.314. The largest absolute Gasteiger partial charge is 0.497 e. The molecule has 1 aromatic heterocycles. The number of hydrogen-bond acceptors (Lipinski definition) is 6. The Kier molecular flexibility index (Phi) is 4.41. The molecule has 0 aliphatic rings. The molecule has 20 heavy (non-hydrogen) atoms. The summed E-state index contributed by atoms with van der Waals surface area (Å²) in [5.74, 6) is 0.814. The molecule has 1 heterocycles. The van der Waals surface area contributed by atoms with Crippen LogP contribution in [0.1, 0.15) is 10.5 Å². The molecule has 5 nitrogen and oxygen atoms in total. The third-order valence-corrected chi connectivity index (χ3v) is 3.96. The Bertz CT molecular complexity index is 690. The second kappa shape index (κ2) is 6.06. The average Bonchev–Trinajstić information content (AvgIpc) is 2.87. The molecule has 0 amide bonds. The minimum atomic E-state index is -0.475. The molecule has 106 valence electrons. The second-order valence-electron chi connectivity index (χ2n) is 3.78. The zero-order valence-corrected chi connectivity index (χ0v) is 12.8. The van der Waals surface area contributed by atoms with Gasteiger partial charge >= 0.3 is 5.97 Å². The minimum Gasteiger partial charge on any atom is -0.497 e. The van der Waals surface area contributed by atoms with Crippen molar-refractivity contribution < 1.29 is 19.0 Å². The Balaban J connectivity index is 2.67. The van der Waals surface area contributed by atoms with Gasteiger partial charge in [-0.1, -0.05) is 0 Å². The number of aromatic amines is 1. The van der Waals surface area contributed by atoms with E-state index in [2.05, 4.69) is 4.98 Å². The van der Waals surface area contributed by atoms with Gasteiger partial charge in [-0.2, -0.15) is 0 Å². The maximum absolute atomic E-state index is 11.8. The van der Waals surface area contributed by atoms with Crippen molar-refractivity contribution in [3.05, 3.63) is 27.8 Å². The van der Waals surface area contributed by atoms with Crippen LogP contribution in [-0.4, -0.2) is 32.3 Å². The Hall–Kier alpha value is -1.86. The van der Waals surface area contributed by atoms with E-state index in [4.69, 9.17) is 26.4 Å². The van der Waals surface area contributed by atoms with Gasteiger partial charge in [0, 0.05) is 5.56 Å². The fourth-order valence-corrected chi connectivity index (χ4v) is 2.95. The third kappa shape index (κ3) is 2.68. The van der Waals surface area contributed by atoms with E-state index in [0.29, 0.717) is 26.0 Å². The molecule has 0 fully saturated rings. The van der Waals surface area contributed by atoms with Crippen LogP contribution in [0.3, 0.4) is 0 Å². The normalized spacial score (nSPS) is 10.2. The standard InChI is InChI=1S/C13H13NO4S2/c1-16-7-4-5-9(17-2)8(6-7)11-10(12(15)18-3)14-13(19)20-11/h4-6H,1-3H3,(H,14,19). The van der Waals surface area contributed by atoms with E-state index in [0.717, 1.165) is 5.56 Å². The number of thiazole rings is 1. The lowest BCUT2D eigenvalue weighted by atomic mass is 10.1.